The fraction of sp³-hybridized carbons (Fsp3) is 0.929. The molecular weight excluding hydrogens is 212 g/mol. The SMILES string of the molecule is CCCCCC(C)NC(=O)C1CCCCC1N. The summed E-state index contributed by atoms with van der Waals surface area (Å²) in [5.74, 6) is 0.235. The van der Waals surface area contributed by atoms with Gasteiger partial charge in [-0.05, 0) is 26.2 Å². The largest absolute Gasteiger partial charge is 0.353 e. The molecule has 0 spiro atoms. The number of carbonyl (C=O) groups excluding carboxylic acids is 1. The summed E-state index contributed by atoms with van der Waals surface area (Å²) in [6.45, 7) is 4.30. The predicted molar refractivity (Wildman–Crippen MR) is 71.7 cm³/mol. The van der Waals surface area contributed by atoms with Crippen LogP contribution in [0.15, 0.2) is 0 Å². The Morgan fingerprint density at radius 1 is 1.35 bits per heavy atom. The van der Waals surface area contributed by atoms with Gasteiger partial charge in [-0.1, -0.05) is 39.0 Å². The first-order valence-electron chi connectivity index (χ1n) is 7.21. The monoisotopic (exact) mass is 240 g/mol. The minimum Gasteiger partial charge on any atom is -0.353 e. The van der Waals surface area contributed by atoms with E-state index < -0.39 is 0 Å². The van der Waals surface area contributed by atoms with E-state index in [1.54, 1.807) is 0 Å². The van der Waals surface area contributed by atoms with Crippen LogP contribution in [0.25, 0.3) is 0 Å². The van der Waals surface area contributed by atoms with E-state index in [0.717, 1.165) is 25.7 Å². The maximum absolute atomic E-state index is 12.1. The van der Waals surface area contributed by atoms with Crippen molar-refractivity contribution in [2.45, 2.75) is 77.3 Å². The summed E-state index contributed by atoms with van der Waals surface area (Å²) in [5.41, 5.74) is 6.02. The fourth-order valence-corrected chi connectivity index (χ4v) is 2.61. The van der Waals surface area contributed by atoms with Crippen LogP contribution in [-0.2, 0) is 4.79 Å². The lowest BCUT2D eigenvalue weighted by atomic mass is 9.84. The van der Waals surface area contributed by atoms with E-state index >= 15 is 0 Å². The molecule has 0 aromatic rings. The van der Waals surface area contributed by atoms with Crippen molar-refractivity contribution < 1.29 is 4.79 Å². The zero-order valence-electron chi connectivity index (χ0n) is 11.4. The molecule has 0 aliphatic heterocycles. The number of hydrogen-bond acceptors (Lipinski definition) is 2. The molecular formula is C14H28N2O. The third-order valence-corrected chi connectivity index (χ3v) is 3.79. The Bertz CT molecular complexity index is 230. The Morgan fingerprint density at radius 2 is 2.06 bits per heavy atom. The van der Waals surface area contributed by atoms with E-state index in [0.29, 0.717) is 6.04 Å². The van der Waals surface area contributed by atoms with Crippen LogP contribution in [0.5, 0.6) is 0 Å². The fourth-order valence-electron chi connectivity index (χ4n) is 2.61. The number of rotatable bonds is 6. The van der Waals surface area contributed by atoms with Gasteiger partial charge in [-0.25, -0.2) is 0 Å². The van der Waals surface area contributed by atoms with Gasteiger partial charge in [0.15, 0.2) is 0 Å². The summed E-state index contributed by atoms with van der Waals surface area (Å²) >= 11 is 0. The molecule has 3 N–H and O–H groups in total. The van der Waals surface area contributed by atoms with Crippen LogP contribution in [0, 0.1) is 5.92 Å². The molecule has 1 aliphatic carbocycles. The van der Waals surface area contributed by atoms with Gasteiger partial charge in [0.1, 0.15) is 0 Å². The Kier molecular flexibility index (Phi) is 6.56. The minimum atomic E-state index is 0.0531. The standard InChI is InChI=1S/C14H28N2O/c1-3-4-5-8-11(2)16-14(17)12-9-6-7-10-13(12)15/h11-13H,3-10,15H2,1-2H3,(H,16,17). The van der Waals surface area contributed by atoms with E-state index in [-0.39, 0.29) is 17.9 Å². The van der Waals surface area contributed by atoms with E-state index in [9.17, 15) is 4.79 Å². The van der Waals surface area contributed by atoms with Crippen molar-refractivity contribution >= 4 is 5.91 Å². The lowest BCUT2D eigenvalue weighted by Crippen LogP contribution is -2.46. The second-order valence-corrected chi connectivity index (χ2v) is 5.46. The van der Waals surface area contributed by atoms with Crippen LogP contribution in [0.1, 0.15) is 65.2 Å². The molecule has 0 bridgehead atoms. The average Bonchev–Trinajstić information content (AvgIpc) is 2.29. The predicted octanol–water partition coefficient (Wildman–Crippen LogP) is 2.59. The van der Waals surface area contributed by atoms with Gasteiger partial charge < -0.3 is 11.1 Å². The maximum atomic E-state index is 12.1. The highest BCUT2D eigenvalue weighted by atomic mass is 16.2. The average molecular weight is 240 g/mol. The van der Waals surface area contributed by atoms with E-state index in [1.807, 2.05) is 0 Å². The first-order valence-corrected chi connectivity index (χ1v) is 7.21. The van der Waals surface area contributed by atoms with Crippen LogP contribution < -0.4 is 11.1 Å². The number of nitrogens with one attached hydrogen (secondary N) is 1. The molecule has 17 heavy (non-hydrogen) atoms. The molecule has 1 saturated carbocycles. The quantitative estimate of drug-likeness (QED) is 0.701. The first kappa shape index (κ1) is 14.5. The summed E-state index contributed by atoms with van der Waals surface area (Å²) in [7, 11) is 0. The van der Waals surface area contributed by atoms with Crippen molar-refractivity contribution in [1.82, 2.24) is 5.32 Å². The summed E-state index contributed by atoms with van der Waals surface area (Å²) in [4.78, 5) is 12.1. The highest BCUT2D eigenvalue weighted by Gasteiger charge is 2.28. The van der Waals surface area contributed by atoms with Gasteiger partial charge in [0.05, 0.1) is 5.92 Å². The molecule has 0 aromatic carbocycles. The molecule has 0 heterocycles. The Hall–Kier alpha value is -0.570. The van der Waals surface area contributed by atoms with Crippen molar-refractivity contribution in [3.8, 4) is 0 Å². The first-order chi connectivity index (χ1) is 8.15. The number of nitrogens with two attached hydrogens (primary N) is 1. The molecule has 0 saturated heterocycles. The van der Waals surface area contributed by atoms with Crippen molar-refractivity contribution in [3.05, 3.63) is 0 Å². The maximum Gasteiger partial charge on any atom is 0.224 e. The highest BCUT2D eigenvalue weighted by molar-refractivity contribution is 5.79. The molecule has 0 aromatic heterocycles. The van der Waals surface area contributed by atoms with Gasteiger partial charge in [0.25, 0.3) is 0 Å². The van der Waals surface area contributed by atoms with Crippen LogP contribution in [0.3, 0.4) is 0 Å². The smallest absolute Gasteiger partial charge is 0.224 e. The second kappa shape index (κ2) is 7.70. The number of amides is 1. The van der Waals surface area contributed by atoms with Crippen LogP contribution in [0.4, 0.5) is 0 Å². The molecule has 0 radical (unpaired) electrons. The van der Waals surface area contributed by atoms with E-state index in [2.05, 4.69) is 19.2 Å². The molecule has 1 aliphatic rings. The zero-order chi connectivity index (χ0) is 12.7. The summed E-state index contributed by atoms with van der Waals surface area (Å²) in [6, 6.07) is 0.370. The van der Waals surface area contributed by atoms with E-state index in [1.165, 1.54) is 25.7 Å². The molecule has 3 heteroatoms. The van der Waals surface area contributed by atoms with Gasteiger partial charge in [0, 0.05) is 12.1 Å². The summed E-state index contributed by atoms with van der Waals surface area (Å²) < 4.78 is 0. The second-order valence-electron chi connectivity index (χ2n) is 5.46. The number of hydrogen-bond donors (Lipinski definition) is 2. The lowest BCUT2D eigenvalue weighted by molar-refractivity contribution is -0.127. The molecule has 1 fully saturated rings. The van der Waals surface area contributed by atoms with Gasteiger partial charge in [-0.3, -0.25) is 4.79 Å². The van der Waals surface area contributed by atoms with Crippen LogP contribution in [-0.4, -0.2) is 18.0 Å². The van der Waals surface area contributed by atoms with E-state index in [4.69, 9.17) is 5.73 Å². The molecule has 3 unspecified atom stereocenters. The topological polar surface area (TPSA) is 55.1 Å². The molecule has 3 atom stereocenters. The van der Waals surface area contributed by atoms with Crippen molar-refractivity contribution in [2.24, 2.45) is 11.7 Å². The number of unbranched alkanes of at least 4 members (excludes halogenated alkanes) is 2. The van der Waals surface area contributed by atoms with Gasteiger partial charge in [-0.15, -0.1) is 0 Å². The minimum absolute atomic E-state index is 0.0531. The third kappa shape index (κ3) is 5.07. The lowest BCUT2D eigenvalue weighted by Gasteiger charge is -2.28. The van der Waals surface area contributed by atoms with Crippen molar-refractivity contribution in [1.29, 1.82) is 0 Å². The van der Waals surface area contributed by atoms with Gasteiger partial charge in [-0.2, -0.15) is 0 Å². The molecule has 100 valence electrons. The highest BCUT2D eigenvalue weighted by Crippen LogP contribution is 2.23. The Labute approximate surface area is 106 Å². The molecule has 1 rings (SSSR count). The van der Waals surface area contributed by atoms with Crippen LogP contribution in [0.2, 0.25) is 0 Å². The molecule has 3 nitrogen and oxygen atoms in total. The van der Waals surface area contributed by atoms with Gasteiger partial charge in [0.2, 0.25) is 5.91 Å². The Balaban J connectivity index is 2.27. The molecule has 1 amide bonds. The normalized spacial score (nSPS) is 26.5. The zero-order valence-corrected chi connectivity index (χ0v) is 11.4. The van der Waals surface area contributed by atoms with Crippen LogP contribution >= 0.6 is 0 Å². The summed E-state index contributed by atoms with van der Waals surface area (Å²) in [6.07, 6.45) is 9.07. The third-order valence-electron chi connectivity index (χ3n) is 3.79. The number of carbonyl (C=O) groups is 1. The summed E-state index contributed by atoms with van der Waals surface area (Å²) in [5, 5.41) is 3.12. The Morgan fingerprint density at radius 3 is 2.71 bits per heavy atom. The van der Waals surface area contributed by atoms with Crippen molar-refractivity contribution in [3.63, 3.8) is 0 Å². The van der Waals surface area contributed by atoms with Crippen molar-refractivity contribution in [2.75, 3.05) is 0 Å². The van der Waals surface area contributed by atoms with Gasteiger partial charge >= 0.3 is 0 Å².